The molecule has 0 bridgehead atoms. The lowest BCUT2D eigenvalue weighted by Gasteiger charge is -2.12. The molecule has 0 spiro atoms. The van der Waals surface area contributed by atoms with E-state index < -0.39 is 5.97 Å². The quantitative estimate of drug-likeness (QED) is 0.502. The Balaban J connectivity index is 2.13. The van der Waals surface area contributed by atoms with Crippen LogP contribution in [-0.4, -0.2) is 18.7 Å². The number of hydrogen-bond acceptors (Lipinski definition) is 5. The van der Waals surface area contributed by atoms with Crippen molar-refractivity contribution < 1.29 is 14.4 Å². The Hall–Kier alpha value is -2.30. The van der Waals surface area contributed by atoms with Crippen molar-refractivity contribution >= 4 is 17.4 Å². The highest BCUT2D eigenvalue weighted by Gasteiger charge is 2.34. The lowest BCUT2D eigenvalue weighted by Crippen LogP contribution is -2.20. The van der Waals surface area contributed by atoms with E-state index in [4.69, 9.17) is 4.74 Å². The van der Waals surface area contributed by atoms with Gasteiger partial charge in [0.2, 0.25) is 5.88 Å². The normalized spacial score (nSPS) is 22.1. The standard InChI is InChI=1S/C12H10N2O3/c1-7-10(12(15)17-13-7)11-14(2)8-5-3-4-6-9(8)16-11/h3-6H,1-2H3/b11-10-. The fraction of sp³-hybridized carbons (Fsp3) is 0.167. The zero-order chi connectivity index (χ0) is 12.0. The van der Waals surface area contributed by atoms with Crippen molar-refractivity contribution in [1.29, 1.82) is 0 Å². The fourth-order valence-corrected chi connectivity index (χ4v) is 1.91. The Labute approximate surface area is 97.9 Å². The number of ether oxygens (including phenoxy) is 1. The first-order chi connectivity index (χ1) is 8.18. The van der Waals surface area contributed by atoms with Gasteiger partial charge in [-0.05, 0) is 19.1 Å². The number of rotatable bonds is 0. The van der Waals surface area contributed by atoms with Crippen LogP contribution < -0.4 is 9.64 Å². The average molecular weight is 230 g/mol. The first-order valence-electron chi connectivity index (χ1n) is 5.19. The van der Waals surface area contributed by atoms with Gasteiger partial charge in [-0.25, -0.2) is 4.79 Å². The molecule has 0 atom stereocenters. The summed E-state index contributed by atoms with van der Waals surface area (Å²) >= 11 is 0. The van der Waals surface area contributed by atoms with E-state index in [0.29, 0.717) is 17.2 Å². The van der Waals surface area contributed by atoms with Crippen molar-refractivity contribution in [3.8, 4) is 5.75 Å². The van der Waals surface area contributed by atoms with Crippen LogP contribution in [-0.2, 0) is 9.63 Å². The molecule has 5 nitrogen and oxygen atoms in total. The van der Waals surface area contributed by atoms with E-state index in [-0.39, 0.29) is 0 Å². The van der Waals surface area contributed by atoms with Gasteiger partial charge in [-0.15, -0.1) is 0 Å². The van der Waals surface area contributed by atoms with Gasteiger partial charge in [0.15, 0.2) is 5.75 Å². The van der Waals surface area contributed by atoms with Gasteiger partial charge in [0.25, 0.3) is 0 Å². The van der Waals surface area contributed by atoms with Gasteiger partial charge in [-0.2, -0.15) is 0 Å². The molecule has 1 aromatic rings. The molecule has 2 aliphatic heterocycles. The predicted octanol–water partition coefficient (Wildman–Crippen LogP) is 1.66. The number of hydrogen-bond donors (Lipinski definition) is 0. The molecule has 0 N–H and O–H groups in total. The summed E-state index contributed by atoms with van der Waals surface area (Å²) in [7, 11) is 1.84. The van der Waals surface area contributed by atoms with E-state index in [1.807, 2.05) is 36.2 Å². The Kier molecular flexibility index (Phi) is 1.95. The second-order valence-electron chi connectivity index (χ2n) is 3.86. The largest absolute Gasteiger partial charge is 0.438 e. The Morgan fingerprint density at radius 3 is 2.71 bits per heavy atom. The molecule has 0 saturated heterocycles. The molecule has 86 valence electrons. The van der Waals surface area contributed by atoms with Crippen LogP contribution in [0.3, 0.4) is 0 Å². The smallest absolute Gasteiger partial charge is 0.373 e. The number of para-hydroxylation sites is 2. The van der Waals surface area contributed by atoms with Gasteiger partial charge in [0.1, 0.15) is 5.57 Å². The molecule has 0 aromatic heterocycles. The molecule has 1 aromatic carbocycles. The van der Waals surface area contributed by atoms with Crippen molar-refractivity contribution in [1.82, 2.24) is 0 Å². The molecule has 5 heteroatoms. The van der Waals surface area contributed by atoms with Gasteiger partial charge in [-0.1, -0.05) is 17.3 Å². The maximum absolute atomic E-state index is 11.6. The summed E-state index contributed by atoms with van der Waals surface area (Å²) in [5.74, 6) is 0.720. The summed E-state index contributed by atoms with van der Waals surface area (Å²) in [6.07, 6.45) is 0. The molecular formula is C12H10N2O3. The zero-order valence-electron chi connectivity index (χ0n) is 9.43. The highest BCUT2D eigenvalue weighted by atomic mass is 16.7. The molecule has 2 heterocycles. The molecule has 17 heavy (non-hydrogen) atoms. The molecule has 0 amide bonds. The average Bonchev–Trinajstić information content (AvgIpc) is 2.82. The van der Waals surface area contributed by atoms with Crippen LogP contribution in [0.2, 0.25) is 0 Å². The van der Waals surface area contributed by atoms with Crippen molar-refractivity contribution in [2.45, 2.75) is 6.92 Å². The van der Waals surface area contributed by atoms with Crippen molar-refractivity contribution in [2.24, 2.45) is 5.16 Å². The van der Waals surface area contributed by atoms with Crippen molar-refractivity contribution in [3.63, 3.8) is 0 Å². The number of benzene rings is 1. The number of anilines is 1. The molecule has 2 aliphatic rings. The maximum Gasteiger partial charge on any atom is 0.373 e. The summed E-state index contributed by atoms with van der Waals surface area (Å²) in [6, 6.07) is 7.58. The second kappa shape index (κ2) is 3.35. The molecular weight excluding hydrogens is 220 g/mol. The Bertz CT molecular complexity index is 575. The third-order valence-electron chi connectivity index (χ3n) is 2.78. The third kappa shape index (κ3) is 1.32. The lowest BCUT2D eigenvalue weighted by molar-refractivity contribution is -0.137. The molecule has 0 unspecified atom stereocenters. The molecule has 3 rings (SSSR count). The highest BCUT2D eigenvalue weighted by Crippen LogP contribution is 2.39. The first-order valence-corrected chi connectivity index (χ1v) is 5.19. The minimum absolute atomic E-state index is 0.378. The summed E-state index contributed by atoms with van der Waals surface area (Å²) in [5, 5.41) is 3.64. The number of nitrogens with zero attached hydrogens (tertiary/aromatic N) is 2. The van der Waals surface area contributed by atoms with Crippen LogP contribution in [0, 0.1) is 0 Å². The molecule has 0 fully saturated rings. The van der Waals surface area contributed by atoms with E-state index in [1.54, 1.807) is 6.92 Å². The van der Waals surface area contributed by atoms with E-state index in [1.165, 1.54) is 0 Å². The van der Waals surface area contributed by atoms with Crippen LogP contribution in [0.15, 0.2) is 40.9 Å². The Morgan fingerprint density at radius 2 is 2.06 bits per heavy atom. The van der Waals surface area contributed by atoms with E-state index in [2.05, 4.69) is 9.99 Å². The maximum atomic E-state index is 11.6. The monoisotopic (exact) mass is 230 g/mol. The summed E-state index contributed by atoms with van der Waals surface area (Å²) in [6.45, 7) is 1.72. The molecule has 0 saturated carbocycles. The van der Waals surface area contributed by atoms with Gasteiger partial charge in [0.05, 0.1) is 11.4 Å². The molecule has 0 aliphatic carbocycles. The minimum atomic E-state index is -0.475. The third-order valence-corrected chi connectivity index (χ3v) is 2.78. The van der Waals surface area contributed by atoms with E-state index in [9.17, 15) is 4.79 Å². The number of fused-ring (bicyclic) bond motifs is 1. The molecule has 0 radical (unpaired) electrons. The van der Waals surface area contributed by atoms with Gasteiger partial charge >= 0.3 is 5.97 Å². The fourth-order valence-electron chi connectivity index (χ4n) is 1.91. The van der Waals surface area contributed by atoms with E-state index in [0.717, 1.165) is 11.4 Å². The first kappa shape index (κ1) is 9.89. The van der Waals surface area contributed by atoms with Crippen molar-refractivity contribution in [3.05, 3.63) is 35.7 Å². The van der Waals surface area contributed by atoms with Crippen LogP contribution in [0.5, 0.6) is 5.75 Å². The lowest BCUT2D eigenvalue weighted by atomic mass is 10.2. The highest BCUT2D eigenvalue weighted by molar-refractivity contribution is 6.22. The van der Waals surface area contributed by atoms with Gasteiger partial charge in [-0.3, -0.25) is 0 Å². The number of carbonyl (C=O) groups excluding carboxylic acids is 1. The van der Waals surface area contributed by atoms with Crippen LogP contribution in [0.25, 0.3) is 0 Å². The summed E-state index contributed by atoms with van der Waals surface area (Å²) in [4.78, 5) is 18.0. The Morgan fingerprint density at radius 1 is 1.29 bits per heavy atom. The van der Waals surface area contributed by atoms with Crippen LogP contribution >= 0.6 is 0 Å². The van der Waals surface area contributed by atoms with Crippen LogP contribution in [0.4, 0.5) is 5.69 Å². The summed E-state index contributed by atoms with van der Waals surface area (Å²) in [5.41, 5.74) is 1.83. The SMILES string of the molecule is CC1=NOC(=O)/C1=C1\Oc2ccccc2N1C. The van der Waals surface area contributed by atoms with Crippen LogP contribution in [0.1, 0.15) is 6.92 Å². The van der Waals surface area contributed by atoms with Gasteiger partial charge in [0, 0.05) is 7.05 Å². The number of oxime groups is 1. The minimum Gasteiger partial charge on any atom is -0.438 e. The van der Waals surface area contributed by atoms with Gasteiger partial charge < -0.3 is 14.5 Å². The summed E-state index contributed by atoms with van der Waals surface area (Å²) < 4.78 is 5.67. The van der Waals surface area contributed by atoms with Crippen molar-refractivity contribution in [2.75, 3.05) is 11.9 Å². The predicted molar refractivity (Wildman–Crippen MR) is 61.7 cm³/mol. The zero-order valence-corrected chi connectivity index (χ0v) is 9.43. The second-order valence-corrected chi connectivity index (χ2v) is 3.86. The van der Waals surface area contributed by atoms with E-state index >= 15 is 0 Å². The topological polar surface area (TPSA) is 51.1 Å². The number of carbonyl (C=O) groups is 1.